The maximum Gasteiger partial charge on any atom is 0.0431 e. The van der Waals surface area contributed by atoms with Crippen LogP contribution in [0.3, 0.4) is 0 Å². The van der Waals surface area contributed by atoms with Crippen molar-refractivity contribution in [1.29, 1.82) is 0 Å². The van der Waals surface area contributed by atoms with Gasteiger partial charge < -0.3 is 10.4 Å². The van der Waals surface area contributed by atoms with Gasteiger partial charge >= 0.3 is 0 Å². The number of aliphatic hydroxyl groups excluding tert-OH is 1. The molecule has 0 aliphatic heterocycles. The number of hydrogen-bond donors (Lipinski definition) is 2. The van der Waals surface area contributed by atoms with Gasteiger partial charge in [0, 0.05) is 28.9 Å². The van der Waals surface area contributed by atoms with E-state index in [1.54, 1.807) is 0 Å². The molecule has 98 valence electrons. The van der Waals surface area contributed by atoms with Crippen LogP contribution in [0.4, 0.5) is 0 Å². The number of hydrogen-bond acceptors (Lipinski definition) is 3. The van der Waals surface area contributed by atoms with Crippen LogP contribution in [0.15, 0.2) is 12.1 Å². The number of rotatable bonds is 7. The van der Waals surface area contributed by atoms with E-state index in [4.69, 9.17) is 5.11 Å². The third-order valence-electron chi connectivity index (χ3n) is 3.09. The van der Waals surface area contributed by atoms with Gasteiger partial charge in [0.15, 0.2) is 0 Å². The van der Waals surface area contributed by atoms with Crippen LogP contribution in [0.5, 0.6) is 0 Å². The fourth-order valence-electron chi connectivity index (χ4n) is 1.86. The third kappa shape index (κ3) is 5.19. The van der Waals surface area contributed by atoms with Gasteiger partial charge in [0.2, 0.25) is 0 Å². The first-order valence-corrected chi connectivity index (χ1v) is 7.17. The van der Waals surface area contributed by atoms with Gasteiger partial charge in [0.05, 0.1) is 0 Å². The molecule has 1 heterocycles. The van der Waals surface area contributed by atoms with Crippen molar-refractivity contribution in [2.75, 3.05) is 13.2 Å². The molecule has 1 aromatic rings. The van der Waals surface area contributed by atoms with Crippen LogP contribution >= 0.6 is 11.3 Å². The highest BCUT2D eigenvalue weighted by molar-refractivity contribution is 7.12. The second kappa shape index (κ2) is 6.53. The Bertz CT molecular complexity index is 333. The predicted octanol–water partition coefficient (Wildman–Crippen LogP) is 3.51. The molecular weight excluding hydrogens is 230 g/mol. The van der Waals surface area contributed by atoms with E-state index in [9.17, 15) is 0 Å². The van der Waals surface area contributed by atoms with Crippen molar-refractivity contribution in [3.8, 4) is 0 Å². The molecule has 17 heavy (non-hydrogen) atoms. The fourth-order valence-corrected chi connectivity index (χ4v) is 2.77. The van der Waals surface area contributed by atoms with E-state index in [2.05, 4.69) is 45.1 Å². The Kier molecular flexibility index (Phi) is 5.63. The maximum atomic E-state index is 8.87. The van der Waals surface area contributed by atoms with Gasteiger partial charge in [-0.1, -0.05) is 13.8 Å². The number of nitrogens with one attached hydrogen (secondary N) is 1. The van der Waals surface area contributed by atoms with E-state index < -0.39 is 0 Å². The lowest BCUT2D eigenvalue weighted by Gasteiger charge is -2.26. The normalized spacial score (nSPS) is 13.9. The first-order valence-electron chi connectivity index (χ1n) is 6.35. The molecule has 0 saturated heterocycles. The van der Waals surface area contributed by atoms with Gasteiger partial charge in [-0.2, -0.15) is 0 Å². The van der Waals surface area contributed by atoms with E-state index >= 15 is 0 Å². The Hall–Kier alpha value is -0.380. The van der Waals surface area contributed by atoms with E-state index in [-0.39, 0.29) is 5.41 Å². The SMILES string of the molecule is Cc1ccc(C(C)NCC(C)(C)CCCO)s1. The standard InChI is InChI=1S/C14H25NOS/c1-11-6-7-13(17-11)12(2)15-10-14(3,4)8-5-9-16/h6-7,12,15-16H,5,8-10H2,1-4H3. The Morgan fingerprint density at radius 1 is 1.41 bits per heavy atom. The molecule has 0 amide bonds. The third-order valence-corrected chi connectivity index (χ3v) is 4.27. The average Bonchev–Trinajstić information content (AvgIpc) is 2.70. The van der Waals surface area contributed by atoms with E-state index in [1.807, 2.05) is 11.3 Å². The monoisotopic (exact) mass is 255 g/mol. The van der Waals surface area contributed by atoms with E-state index in [0.717, 1.165) is 19.4 Å². The molecule has 0 bridgehead atoms. The van der Waals surface area contributed by atoms with Gasteiger partial charge in [-0.15, -0.1) is 11.3 Å². The van der Waals surface area contributed by atoms with Crippen LogP contribution in [0.2, 0.25) is 0 Å². The van der Waals surface area contributed by atoms with E-state index in [1.165, 1.54) is 9.75 Å². The van der Waals surface area contributed by atoms with Crippen molar-refractivity contribution in [2.45, 2.75) is 46.6 Å². The Morgan fingerprint density at radius 2 is 2.12 bits per heavy atom. The number of aryl methyl sites for hydroxylation is 1. The van der Waals surface area contributed by atoms with Gasteiger partial charge in [0.1, 0.15) is 0 Å². The summed E-state index contributed by atoms with van der Waals surface area (Å²) in [5.41, 5.74) is 0.253. The molecule has 2 nitrogen and oxygen atoms in total. The fraction of sp³-hybridized carbons (Fsp3) is 0.714. The summed E-state index contributed by atoms with van der Waals surface area (Å²) >= 11 is 1.86. The maximum absolute atomic E-state index is 8.87. The zero-order valence-corrected chi connectivity index (χ0v) is 12.2. The van der Waals surface area contributed by atoms with Crippen molar-refractivity contribution in [1.82, 2.24) is 5.32 Å². The lowest BCUT2D eigenvalue weighted by Crippen LogP contribution is -2.31. The van der Waals surface area contributed by atoms with Crippen LogP contribution in [0, 0.1) is 12.3 Å². The smallest absolute Gasteiger partial charge is 0.0431 e. The average molecular weight is 255 g/mol. The summed E-state index contributed by atoms with van der Waals surface area (Å²) in [5, 5.41) is 12.5. The minimum Gasteiger partial charge on any atom is -0.396 e. The second-order valence-electron chi connectivity index (χ2n) is 5.54. The van der Waals surface area contributed by atoms with Crippen molar-refractivity contribution in [3.63, 3.8) is 0 Å². The summed E-state index contributed by atoms with van der Waals surface area (Å²) in [6.45, 7) is 10.2. The molecular formula is C14H25NOS. The molecule has 0 aliphatic rings. The van der Waals surface area contributed by atoms with Crippen LogP contribution in [0.1, 0.15) is 49.4 Å². The minimum atomic E-state index is 0.253. The minimum absolute atomic E-state index is 0.253. The van der Waals surface area contributed by atoms with Crippen LogP contribution < -0.4 is 5.32 Å². The first kappa shape index (κ1) is 14.7. The quantitative estimate of drug-likeness (QED) is 0.781. The molecule has 2 N–H and O–H groups in total. The molecule has 0 saturated carbocycles. The van der Waals surface area contributed by atoms with Gasteiger partial charge in [-0.05, 0) is 44.2 Å². The molecule has 0 spiro atoms. The molecule has 0 fully saturated rings. The predicted molar refractivity (Wildman–Crippen MR) is 75.6 cm³/mol. The summed E-state index contributed by atoms with van der Waals surface area (Å²) < 4.78 is 0. The molecule has 0 aliphatic carbocycles. The van der Waals surface area contributed by atoms with E-state index in [0.29, 0.717) is 12.6 Å². The summed E-state index contributed by atoms with van der Waals surface area (Å²) in [4.78, 5) is 2.77. The lowest BCUT2D eigenvalue weighted by molar-refractivity contribution is 0.233. The Morgan fingerprint density at radius 3 is 2.65 bits per heavy atom. The lowest BCUT2D eigenvalue weighted by atomic mass is 9.87. The largest absolute Gasteiger partial charge is 0.396 e. The van der Waals surface area contributed by atoms with Crippen molar-refractivity contribution in [3.05, 3.63) is 21.9 Å². The van der Waals surface area contributed by atoms with Crippen LogP contribution in [0.25, 0.3) is 0 Å². The summed E-state index contributed by atoms with van der Waals surface area (Å²) in [6.07, 6.45) is 1.95. The van der Waals surface area contributed by atoms with Gasteiger partial charge in [-0.25, -0.2) is 0 Å². The van der Waals surface area contributed by atoms with Crippen LogP contribution in [-0.4, -0.2) is 18.3 Å². The molecule has 0 aromatic carbocycles. The molecule has 3 heteroatoms. The summed E-state index contributed by atoms with van der Waals surface area (Å²) in [5.74, 6) is 0. The Balaban J connectivity index is 2.39. The topological polar surface area (TPSA) is 32.3 Å². The summed E-state index contributed by atoms with van der Waals surface area (Å²) in [7, 11) is 0. The number of aliphatic hydroxyl groups is 1. The van der Waals surface area contributed by atoms with Crippen molar-refractivity contribution in [2.24, 2.45) is 5.41 Å². The Labute approximate surface area is 109 Å². The first-order chi connectivity index (χ1) is 7.94. The van der Waals surface area contributed by atoms with Crippen LogP contribution in [-0.2, 0) is 0 Å². The highest BCUT2D eigenvalue weighted by atomic mass is 32.1. The molecule has 1 atom stereocenters. The highest BCUT2D eigenvalue weighted by Crippen LogP contribution is 2.25. The zero-order chi connectivity index (χ0) is 12.9. The molecule has 0 radical (unpaired) electrons. The van der Waals surface area contributed by atoms with Crippen molar-refractivity contribution < 1.29 is 5.11 Å². The van der Waals surface area contributed by atoms with Gasteiger partial charge in [-0.3, -0.25) is 0 Å². The summed E-state index contributed by atoms with van der Waals surface area (Å²) in [6, 6.07) is 4.80. The number of thiophene rings is 1. The van der Waals surface area contributed by atoms with Crippen molar-refractivity contribution >= 4 is 11.3 Å². The zero-order valence-electron chi connectivity index (χ0n) is 11.4. The molecule has 1 unspecified atom stereocenters. The molecule has 1 aromatic heterocycles. The van der Waals surface area contributed by atoms with Gasteiger partial charge in [0.25, 0.3) is 0 Å². The second-order valence-corrected chi connectivity index (χ2v) is 6.86. The highest BCUT2D eigenvalue weighted by Gasteiger charge is 2.18. The molecule has 1 rings (SSSR count).